The monoisotopic (exact) mass is 233 g/mol. The van der Waals surface area contributed by atoms with Crippen LogP contribution in [-0.2, 0) is 4.74 Å². The third kappa shape index (κ3) is 2.03. The Hall–Kier alpha value is -2.57. The zero-order valence-corrected chi connectivity index (χ0v) is 9.12. The number of hydrogen-bond donors (Lipinski definition) is 2. The second-order valence-corrected chi connectivity index (χ2v) is 3.32. The molecule has 0 amide bonds. The van der Waals surface area contributed by atoms with E-state index in [0.717, 1.165) is 0 Å². The van der Waals surface area contributed by atoms with Crippen molar-refractivity contribution in [1.29, 1.82) is 0 Å². The molecule has 0 unspecified atom stereocenters. The fourth-order valence-corrected chi connectivity index (χ4v) is 1.28. The molecule has 1 aromatic carbocycles. The van der Waals surface area contributed by atoms with Gasteiger partial charge in [-0.25, -0.2) is 14.5 Å². The molecule has 0 spiro atoms. The van der Waals surface area contributed by atoms with E-state index in [1.54, 1.807) is 18.2 Å². The molecule has 2 aromatic rings. The third-order valence-corrected chi connectivity index (χ3v) is 2.19. The predicted octanol–water partition coefficient (Wildman–Crippen LogP) is 0.218. The molecule has 0 aliphatic rings. The highest BCUT2D eigenvalue weighted by atomic mass is 16.5. The van der Waals surface area contributed by atoms with Gasteiger partial charge in [-0.2, -0.15) is 0 Å². The number of hydrogen-bond acceptors (Lipinski definition) is 6. The Bertz CT molecular complexity index is 564. The number of benzene rings is 1. The molecular formula is C10H11N5O2. The first kappa shape index (κ1) is 10.9. The molecule has 0 bridgehead atoms. The Balaban J connectivity index is 2.37. The molecule has 0 fully saturated rings. The van der Waals surface area contributed by atoms with E-state index in [1.165, 1.54) is 18.1 Å². The van der Waals surface area contributed by atoms with Gasteiger partial charge in [-0.3, -0.25) is 0 Å². The number of rotatable bonds is 2. The van der Waals surface area contributed by atoms with Crippen LogP contribution in [0, 0.1) is 0 Å². The van der Waals surface area contributed by atoms with Gasteiger partial charge >= 0.3 is 5.97 Å². The number of ether oxygens (including phenoxy) is 1. The normalized spacial score (nSPS) is 10.2. The summed E-state index contributed by atoms with van der Waals surface area (Å²) in [4.78, 5) is 15.0. The number of nitrogens with two attached hydrogens (primary N) is 2. The molecule has 1 aromatic heterocycles. The molecule has 0 aliphatic carbocycles. The van der Waals surface area contributed by atoms with Gasteiger partial charge in [0.2, 0.25) is 0 Å². The number of carbonyl (C=O) groups is 1. The van der Waals surface area contributed by atoms with Gasteiger partial charge in [-0.1, -0.05) is 0 Å². The first-order valence-electron chi connectivity index (χ1n) is 4.77. The lowest BCUT2D eigenvalue weighted by molar-refractivity contribution is 0.0587. The van der Waals surface area contributed by atoms with Crippen molar-refractivity contribution in [2.45, 2.75) is 0 Å². The molecule has 0 saturated heterocycles. The van der Waals surface area contributed by atoms with Crippen LogP contribution in [0.1, 0.15) is 10.6 Å². The van der Waals surface area contributed by atoms with Gasteiger partial charge in [0.05, 0.1) is 24.2 Å². The maximum atomic E-state index is 11.2. The summed E-state index contributed by atoms with van der Waals surface area (Å²) in [6.07, 6.45) is 1.40. The van der Waals surface area contributed by atoms with Gasteiger partial charge in [-0.15, -0.1) is 5.10 Å². The number of nitrogen functional groups attached to an aromatic ring is 2. The number of nitrogens with zero attached hydrogens (tertiary/aromatic N) is 3. The smallest absolute Gasteiger partial charge is 0.377 e. The largest absolute Gasteiger partial charge is 0.463 e. The van der Waals surface area contributed by atoms with Crippen molar-refractivity contribution >= 4 is 17.3 Å². The first-order valence-corrected chi connectivity index (χ1v) is 4.77. The Morgan fingerprint density at radius 1 is 1.35 bits per heavy atom. The average molecular weight is 233 g/mol. The molecule has 17 heavy (non-hydrogen) atoms. The Morgan fingerprint density at radius 2 is 2.12 bits per heavy atom. The van der Waals surface area contributed by atoms with E-state index in [0.29, 0.717) is 17.1 Å². The lowest BCUT2D eigenvalue weighted by atomic mass is 10.2. The van der Waals surface area contributed by atoms with Crippen LogP contribution in [0.5, 0.6) is 0 Å². The lowest BCUT2D eigenvalue weighted by Crippen LogP contribution is -2.05. The molecule has 2 rings (SSSR count). The minimum atomic E-state index is -0.591. The number of methoxy groups -OCH3 is 1. The zero-order chi connectivity index (χ0) is 12.4. The quantitative estimate of drug-likeness (QED) is 0.567. The molecule has 0 aliphatic heterocycles. The van der Waals surface area contributed by atoms with Crippen LogP contribution < -0.4 is 11.5 Å². The summed E-state index contributed by atoms with van der Waals surface area (Å²) in [5, 5.41) is 3.96. The van der Waals surface area contributed by atoms with Gasteiger partial charge in [0.25, 0.3) is 5.82 Å². The molecule has 0 saturated carbocycles. The van der Waals surface area contributed by atoms with Gasteiger partial charge in [0.15, 0.2) is 0 Å². The number of aromatic nitrogens is 3. The van der Waals surface area contributed by atoms with E-state index in [2.05, 4.69) is 14.8 Å². The van der Waals surface area contributed by atoms with Crippen LogP contribution in [-0.4, -0.2) is 27.8 Å². The highest BCUT2D eigenvalue weighted by Gasteiger charge is 2.12. The molecule has 0 atom stereocenters. The summed E-state index contributed by atoms with van der Waals surface area (Å²) < 4.78 is 5.93. The summed E-state index contributed by atoms with van der Waals surface area (Å²) in [5.41, 5.74) is 12.9. The summed E-state index contributed by atoms with van der Waals surface area (Å²) in [6, 6.07) is 5.02. The SMILES string of the molecule is COC(=O)c1ncn(-c2ccc(N)c(N)c2)n1. The number of anilines is 2. The van der Waals surface area contributed by atoms with E-state index in [4.69, 9.17) is 11.5 Å². The van der Waals surface area contributed by atoms with Gasteiger partial charge in [0.1, 0.15) is 6.33 Å². The second-order valence-electron chi connectivity index (χ2n) is 3.32. The lowest BCUT2D eigenvalue weighted by Gasteiger charge is -2.03. The van der Waals surface area contributed by atoms with Crippen molar-refractivity contribution in [3.63, 3.8) is 0 Å². The van der Waals surface area contributed by atoms with E-state index in [1.807, 2.05) is 0 Å². The molecule has 7 nitrogen and oxygen atoms in total. The highest BCUT2D eigenvalue weighted by molar-refractivity contribution is 5.84. The van der Waals surface area contributed by atoms with Crippen molar-refractivity contribution in [2.24, 2.45) is 0 Å². The van der Waals surface area contributed by atoms with Crippen LogP contribution >= 0.6 is 0 Å². The molecule has 4 N–H and O–H groups in total. The zero-order valence-electron chi connectivity index (χ0n) is 9.12. The molecule has 1 heterocycles. The molecule has 88 valence electrons. The van der Waals surface area contributed by atoms with Crippen molar-refractivity contribution in [2.75, 3.05) is 18.6 Å². The average Bonchev–Trinajstić information content (AvgIpc) is 2.81. The van der Waals surface area contributed by atoms with Gasteiger partial charge in [0, 0.05) is 0 Å². The van der Waals surface area contributed by atoms with Crippen LogP contribution in [0.2, 0.25) is 0 Å². The Morgan fingerprint density at radius 3 is 2.76 bits per heavy atom. The fourth-order valence-electron chi connectivity index (χ4n) is 1.28. The van der Waals surface area contributed by atoms with Gasteiger partial charge in [-0.05, 0) is 18.2 Å². The predicted molar refractivity (Wildman–Crippen MR) is 61.5 cm³/mol. The molecule has 0 radical (unpaired) electrons. The minimum Gasteiger partial charge on any atom is -0.463 e. The van der Waals surface area contributed by atoms with E-state index >= 15 is 0 Å². The number of carbonyl (C=O) groups excluding carboxylic acids is 1. The van der Waals surface area contributed by atoms with E-state index < -0.39 is 5.97 Å². The molecule has 7 heteroatoms. The summed E-state index contributed by atoms with van der Waals surface area (Å²) in [6.45, 7) is 0. The van der Waals surface area contributed by atoms with Crippen LogP contribution in [0.3, 0.4) is 0 Å². The van der Waals surface area contributed by atoms with Crippen LogP contribution in [0.4, 0.5) is 11.4 Å². The van der Waals surface area contributed by atoms with Crippen LogP contribution in [0.15, 0.2) is 24.5 Å². The maximum Gasteiger partial charge on any atom is 0.377 e. The maximum absolute atomic E-state index is 11.2. The first-order chi connectivity index (χ1) is 8.11. The van der Waals surface area contributed by atoms with E-state index in [9.17, 15) is 4.79 Å². The van der Waals surface area contributed by atoms with Crippen molar-refractivity contribution in [3.8, 4) is 5.69 Å². The van der Waals surface area contributed by atoms with E-state index in [-0.39, 0.29) is 5.82 Å². The minimum absolute atomic E-state index is 0.0112. The second kappa shape index (κ2) is 4.12. The standard InChI is InChI=1S/C10H11N5O2/c1-17-10(16)9-13-5-15(14-9)6-2-3-7(11)8(12)4-6/h2-5H,11-12H2,1H3. The Labute approximate surface area is 97.0 Å². The van der Waals surface area contributed by atoms with Gasteiger partial charge < -0.3 is 16.2 Å². The summed E-state index contributed by atoms with van der Waals surface area (Å²) in [5.74, 6) is -0.602. The van der Waals surface area contributed by atoms with Crippen molar-refractivity contribution < 1.29 is 9.53 Å². The Kier molecular flexibility index (Phi) is 2.65. The van der Waals surface area contributed by atoms with Crippen molar-refractivity contribution in [3.05, 3.63) is 30.4 Å². The van der Waals surface area contributed by atoms with Crippen LogP contribution in [0.25, 0.3) is 5.69 Å². The highest BCUT2D eigenvalue weighted by Crippen LogP contribution is 2.18. The third-order valence-electron chi connectivity index (χ3n) is 2.19. The summed E-state index contributed by atoms with van der Waals surface area (Å²) in [7, 11) is 1.27. The fraction of sp³-hybridized carbons (Fsp3) is 0.100. The topological polar surface area (TPSA) is 109 Å². The number of esters is 1. The molecular weight excluding hydrogens is 222 g/mol. The van der Waals surface area contributed by atoms with Crippen molar-refractivity contribution in [1.82, 2.24) is 14.8 Å². The summed E-state index contributed by atoms with van der Waals surface area (Å²) >= 11 is 0.